The second-order valence-corrected chi connectivity index (χ2v) is 5.29. The van der Waals surface area contributed by atoms with Gasteiger partial charge in [-0.25, -0.2) is 9.37 Å². The van der Waals surface area contributed by atoms with E-state index in [1.165, 1.54) is 18.7 Å². The predicted octanol–water partition coefficient (Wildman–Crippen LogP) is 2.03. The summed E-state index contributed by atoms with van der Waals surface area (Å²) in [5, 5.41) is 11.9. The summed E-state index contributed by atoms with van der Waals surface area (Å²) >= 11 is 0. The maximum Gasteiger partial charge on any atom is 0.257 e. The number of rotatable bonds is 5. The molecule has 1 fully saturated rings. The van der Waals surface area contributed by atoms with E-state index in [0.29, 0.717) is 0 Å². The molecule has 0 atom stereocenters. The molecule has 1 heterocycles. The Morgan fingerprint density at radius 2 is 2.19 bits per heavy atom. The van der Waals surface area contributed by atoms with Gasteiger partial charge in [-0.2, -0.15) is 0 Å². The molecule has 1 aliphatic rings. The maximum absolute atomic E-state index is 14.3. The second-order valence-electron chi connectivity index (χ2n) is 5.29. The number of hydrogen-bond acceptors (Lipinski definition) is 4. The summed E-state index contributed by atoms with van der Waals surface area (Å²) in [6, 6.07) is 1.48. The van der Waals surface area contributed by atoms with Gasteiger partial charge in [0.1, 0.15) is 0 Å². The van der Waals surface area contributed by atoms with E-state index in [1.807, 2.05) is 0 Å². The van der Waals surface area contributed by atoms with Gasteiger partial charge < -0.3 is 15.3 Å². The minimum atomic E-state index is -0.635. The molecule has 2 rings (SSSR count). The molecule has 0 unspecified atom stereocenters. The highest BCUT2D eigenvalue weighted by atomic mass is 19.1. The second kappa shape index (κ2) is 7.36. The van der Waals surface area contributed by atoms with Gasteiger partial charge >= 0.3 is 0 Å². The van der Waals surface area contributed by atoms with Crippen LogP contribution < -0.4 is 5.32 Å². The molecule has 1 aromatic rings. The average molecular weight is 295 g/mol. The van der Waals surface area contributed by atoms with Gasteiger partial charge in [-0.05, 0) is 18.9 Å². The topological polar surface area (TPSA) is 65.5 Å². The summed E-state index contributed by atoms with van der Waals surface area (Å²) in [6.07, 6.45) is 6.56. The summed E-state index contributed by atoms with van der Waals surface area (Å²) in [5.74, 6) is -0.940. The van der Waals surface area contributed by atoms with Crippen LogP contribution in [-0.4, -0.2) is 47.1 Å². The third-order valence-corrected chi connectivity index (χ3v) is 3.97. The Morgan fingerprint density at radius 3 is 2.81 bits per heavy atom. The van der Waals surface area contributed by atoms with Crippen molar-refractivity contribution in [3.8, 4) is 0 Å². The van der Waals surface area contributed by atoms with Crippen molar-refractivity contribution in [2.45, 2.75) is 38.1 Å². The Balaban J connectivity index is 2.25. The van der Waals surface area contributed by atoms with E-state index in [4.69, 9.17) is 0 Å². The number of carbonyl (C=O) groups excluding carboxylic acids is 1. The zero-order valence-corrected chi connectivity index (χ0v) is 12.3. The van der Waals surface area contributed by atoms with Gasteiger partial charge in [0.25, 0.3) is 5.91 Å². The maximum atomic E-state index is 14.3. The normalized spacial score (nSPS) is 15.8. The van der Waals surface area contributed by atoms with Crippen LogP contribution >= 0.6 is 0 Å². The number of pyridine rings is 1. The molecule has 1 amide bonds. The molecule has 0 radical (unpaired) electrons. The van der Waals surface area contributed by atoms with Crippen LogP contribution in [0.15, 0.2) is 12.3 Å². The predicted molar refractivity (Wildman–Crippen MR) is 78.7 cm³/mol. The van der Waals surface area contributed by atoms with Crippen LogP contribution in [0.3, 0.4) is 0 Å². The standard InChI is InChI=1S/C15H22FN3O2/c1-17-14-13(16)12(7-8-18-14)15(21)19(9-10-20)11-5-3-2-4-6-11/h7-8,11,20H,2-6,9-10H2,1H3,(H,17,18). The number of nitrogens with zero attached hydrogens (tertiary/aromatic N) is 2. The van der Waals surface area contributed by atoms with E-state index in [1.54, 1.807) is 11.9 Å². The lowest BCUT2D eigenvalue weighted by Gasteiger charge is -2.34. The summed E-state index contributed by atoms with van der Waals surface area (Å²) < 4.78 is 14.3. The third-order valence-electron chi connectivity index (χ3n) is 3.97. The van der Waals surface area contributed by atoms with Gasteiger partial charge in [0.05, 0.1) is 12.2 Å². The van der Waals surface area contributed by atoms with Gasteiger partial charge in [-0.1, -0.05) is 19.3 Å². The molecule has 0 bridgehead atoms. The SMILES string of the molecule is CNc1nccc(C(=O)N(CCO)C2CCCCC2)c1F. The van der Waals surface area contributed by atoms with E-state index in [0.717, 1.165) is 25.7 Å². The van der Waals surface area contributed by atoms with Gasteiger partial charge in [-0.15, -0.1) is 0 Å². The summed E-state index contributed by atoms with van der Waals surface area (Å²) in [7, 11) is 1.56. The lowest BCUT2D eigenvalue weighted by molar-refractivity contribution is 0.0580. The quantitative estimate of drug-likeness (QED) is 0.872. The van der Waals surface area contributed by atoms with Crippen molar-refractivity contribution in [1.82, 2.24) is 9.88 Å². The largest absolute Gasteiger partial charge is 0.395 e. The molecule has 0 aromatic carbocycles. The molecule has 0 aliphatic heterocycles. The number of anilines is 1. The summed E-state index contributed by atoms with van der Waals surface area (Å²) in [6.45, 7) is 0.119. The Morgan fingerprint density at radius 1 is 1.48 bits per heavy atom. The molecule has 116 valence electrons. The molecule has 1 aliphatic carbocycles. The molecule has 0 spiro atoms. The number of nitrogens with one attached hydrogen (secondary N) is 1. The van der Waals surface area contributed by atoms with Crippen LogP contribution in [0.1, 0.15) is 42.5 Å². The smallest absolute Gasteiger partial charge is 0.257 e. The first kappa shape index (κ1) is 15.7. The Hall–Kier alpha value is -1.69. The van der Waals surface area contributed by atoms with Crippen LogP contribution in [0.4, 0.5) is 10.2 Å². The number of aromatic nitrogens is 1. The van der Waals surface area contributed by atoms with Gasteiger partial charge in [0.15, 0.2) is 11.6 Å². The number of carbonyl (C=O) groups is 1. The van der Waals surface area contributed by atoms with E-state index in [9.17, 15) is 14.3 Å². The van der Waals surface area contributed by atoms with Crippen molar-refractivity contribution >= 4 is 11.7 Å². The van der Waals surface area contributed by atoms with Gasteiger partial charge in [-0.3, -0.25) is 4.79 Å². The highest BCUT2D eigenvalue weighted by Crippen LogP contribution is 2.25. The van der Waals surface area contributed by atoms with Crippen molar-refractivity contribution in [1.29, 1.82) is 0 Å². The molecule has 0 saturated heterocycles. The fourth-order valence-electron chi connectivity index (χ4n) is 2.89. The number of halogens is 1. The first-order valence-electron chi connectivity index (χ1n) is 7.43. The van der Waals surface area contributed by atoms with Crippen LogP contribution in [0.2, 0.25) is 0 Å². The molecular formula is C15H22FN3O2. The molecule has 1 aromatic heterocycles. The highest BCUT2D eigenvalue weighted by molar-refractivity contribution is 5.95. The Bertz CT molecular complexity index is 490. The third kappa shape index (κ3) is 3.50. The molecule has 5 nitrogen and oxygen atoms in total. The minimum absolute atomic E-state index is 0.00775. The van der Waals surface area contributed by atoms with E-state index < -0.39 is 5.82 Å². The highest BCUT2D eigenvalue weighted by Gasteiger charge is 2.28. The monoisotopic (exact) mass is 295 g/mol. The Labute approximate surface area is 124 Å². The minimum Gasteiger partial charge on any atom is -0.395 e. The van der Waals surface area contributed by atoms with Crippen molar-refractivity contribution in [2.24, 2.45) is 0 Å². The van der Waals surface area contributed by atoms with Crippen molar-refractivity contribution in [3.05, 3.63) is 23.6 Å². The lowest BCUT2D eigenvalue weighted by Crippen LogP contribution is -2.43. The molecule has 1 saturated carbocycles. The Kier molecular flexibility index (Phi) is 5.50. The van der Waals surface area contributed by atoms with Crippen molar-refractivity contribution in [3.63, 3.8) is 0 Å². The van der Waals surface area contributed by atoms with Crippen LogP contribution in [0.25, 0.3) is 0 Å². The summed E-state index contributed by atoms with van der Waals surface area (Å²) in [5.41, 5.74) is 0.00775. The van der Waals surface area contributed by atoms with E-state index in [-0.39, 0.29) is 36.5 Å². The lowest BCUT2D eigenvalue weighted by atomic mass is 9.93. The van der Waals surface area contributed by atoms with E-state index in [2.05, 4.69) is 10.3 Å². The van der Waals surface area contributed by atoms with Crippen LogP contribution in [-0.2, 0) is 0 Å². The summed E-state index contributed by atoms with van der Waals surface area (Å²) in [4.78, 5) is 18.1. The first-order chi connectivity index (χ1) is 10.2. The van der Waals surface area contributed by atoms with Gasteiger partial charge in [0, 0.05) is 25.8 Å². The number of aliphatic hydroxyl groups is 1. The van der Waals surface area contributed by atoms with Crippen LogP contribution in [0.5, 0.6) is 0 Å². The molecule has 2 N–H and O–H groups in total. The zero-order valence-electron chi connectivity index (χ0n) is 12.3. The number of amides is 1. The number of aliphatic hydroxyl groups excluding tert-OH is 1. The molecule has 6 heteroatoms. The van der Waals surface area contributed by atoms with Crippen LogP contribution in [0, 0.1) is 5.82 Å². The fourth-order valence-corrected chi connectivity index (χ4v) is 2.89. The zero-order chi connectivity index (χ0) is 15.2. The van der Waals surface area contributed by atoms with Crippen molar-refractivity contribution in [2.75, 3.05) is 25.5 Å². The van der Waals surface area contributed by atoms with E-state index >= 15 is 0 Å². The molecule has 21 heavy (non-hydrogen) atoms. The van der Waals surface area contributed by atoms with Gasteiger partial charge in [0.2, 0.25) is 0 Å². The average Bonchev–Trinajstić information content (AvgIpc) is 2.53. The van der Waals surface area contributed by atoms with Crippen molar-refractivity contribution < 1.29 is 14.3 Å². The fraction of sp³-hybridized carbons (Fsp3) is 0.600. The number of hydrogen-bond donors (Lipinski definition) is 2. The first-order valence-corrected chi connectivity index (χ1v) is 7.43. The molecular weight excluding hydrogens is 273 g/mol.